The summed E-state index contributed by atoms with van der Waals surface area (Å²) in [5.41, 5.74) is 0. The molecule has 2 rings (SSSR count). The molecule has 0 spiro atoms. The predicted molar refractivity (Wildman–Crippen MR) is 80.9 cm³/mol. The van der Waals surface area contributed by atoms with Crippen LogP contribution in [0.5, 0.6) is 0 Å². The largest absolute Gasteiger partial charge is 0.465 e. The molecule has 1 aliphatic carbocycles. The van der Waals surface area contributed by atoms with Crippen LogP contribution in [0.2, 0.25) is 0 Å². The van der Waals surface area contributed by atoms with Crippen LogP contribution in [0.4, 0.5) is 0 Å². The maximum absolute atomic E-state index is 12.2. The second-order valence-electron chi connectivity index (χ2n) is 6.14. The van der Waals surface area contributed by atoms with E-state index in [0.717, 1.165) is 32.2 Å². The molecule has 0 aromatic rings. The molecular weight excluding hydrogens is 268 g/mol. The third kappa shape index (κ3) is 4.99. The van der Waals surface area contributed by atoms with Crippen LogP contribution in [-0.4, -0.2) is 48.6 Å². The first-order valence-corrected chi connectivity index (χ1v) is 8.40. The summed E-state index contributed by atoms with van der Waals surface area (Å²) in [7, 11) is 0. The van der Waals surface area contributed by atoms with Gasteiger partial charge in [0.25, 0.3) is 0 Å². The molecule has 2 fully saturated rings. The summed E-state index contributed by atoms with van der Waals surface area (Å²) in [5.74, 6) is -0.129. The Kier molecular flexibility index (Phi) is 6.49. The van der Waals surface area contributed by atoms with Crippen LogP contribution in [0.3, 0.4) is 0 Å². The van der Waals surface area contributed by atoms with Crippen LogP contribution in [-0.2, 0) is 14.3 Å². The Morgan fingerprint density at radius 1 is 1.10 bits per heavy atom. The van der Waals surface area contributed by atoms with Crippen LogP contribution >= 0.6 is 0 Å². The number of nitrogens with one attached hydrogen (secondary N) is 1. The Labute approximate surface area is 127 Å². The molecule has 1 saturated heterocycles. The Morgan fingerprint density at radius 3 is 2.48 bits per heavy atom. The fourth-order valence-corrected chi connectivity index (χ4v) is 3.40. The zero-order valence-electron chi connectivity index (χ0n) is 13.1. The van der Waals surface area contributed by atoms with Gasteiger partial charge in [0.15, 0.2) is 0 Å². The highest BCUT2D eigenvalue weighted by Crippen LogP contribution is 2.19. The van der Waals surface area contributed by atoms with Crippen molar-refractivity contribution in [2.75, 3.05) is 19.7 Å². The van der Waals surface area contributed by atoms with E-state index in [1.165, 1.54) is 25.7 Å². The Bertz CT molecular complexity index is 351. The van der Waals surface area contributed by atoms with E-state index in [1.54, 1.807) is 0 Å². The summed E-state index contributed by atoms with van der Waals surface area (Å²) in [5, 5.41) is 3.14. The van der Waals surface area contributed by atoms with Crippen LogP contribution < -0.4 is 5.32 Å². The lowest BCUT2D eigenvalue weighted by Gasteiger charge is -2.24. The zero-order valence-corrected chi connectivity index (χ0v) is 13.1. The van der Waals surface area contributed by atoms with Gasteiger partial charge in [-0.3, -0.25) is 14.5 Å². The molecule has 1 atom stereocenters. The fourth-order valence-electron chi connectivity index (χ4n) is 3.40. The van der Waals surface area contributed by atoms with Gasteiger partial charge in [-0.2, -0.15) is 0 Å². The minimum absolute atomic E-state index is 0.0538. The molecule has 5 nitrogen and oxygen atoms in total. The lowest BCUT2D eigenvalue weighted by Crippen LogP contribution is -2.46. The number of carbonyl (C=O) groups is 2. The standard InChI is InChI=1S/C16H28N2O3/c1-2-21-16(20)14-10-7-11-18(14)12-15(19)17-13-8-5-3-4-6-9-13/h13-14H,2-12H2,1H3,(H,17,19). The van der Waals surface area contributed by atoms with E-state index >= 15 is 0 Å². The Balaban J connectivity index is 1.79. The summed E-state index contributed by atoms with van der Waals surface area (Å²) < 4.78 is 5.09. The van der Waals surface area contributed by atoms with Gasteiger partial charge in [-0.1, -0.05) is 25.7 Å². The van der Waals surface area contributed by atoms with Crippen molar-refractivity contribution in [3.05, 3.63) is 0 Å². The van der Waals surface area contributed by atoms with Gasteiger partial charge < -0.3 is 10.1 Å². The van der Waals surface area contributed by atoms with E-state index in [9.17, 15) is 9.59 Å². The number of carbonyl (C=O) groups excluding carboxylic acids is 2. The van der Waals surface area contributed by atoms with Crippen LogP contribution in [0, 0.1) is 0 Å². The first-order valence-electron chi connectivity index (χ1n) is 8.40. The molecule has 21 heavy (non-hydrogen) atoms. The van der Waals surface area contributed by atoms with Gasteiger partial charge in [-0.15, -0.1) is 0 Å². The topological polar surface area (TPSA) is 58.6 Å². The van der Waals surface area contributed by atoms with Crippen molar-refractivity contribution < 1.29 is 14.3 Å². The third-order valence-corrected chi connectivity index (χ3v) is 4.49. The van der Waals surface area contributed by atoms with Crippen molar-refractivity contribution in [2.24, 2.45) is 0 Å². The van der Waals surface area contributed by atoms with Gasteiger partial charge in [-0.25, -0.2) is 0 Å². The minimum atomic E-state index is -0.232. The molecule has 1 amide bonds. The summed E-state index contributed by atoms with van der Waals surface area (Å²) in [4.78, 5) is 26.0. The van der Waals surface area contributed by atoms with Crippen LogP contribution in [0.25, 0.3) is 0 Å². The highest BCUT2D eigenvalue weighted by Gasteiger charge is 2.33. The van der Waals surface area contributed by atoms with Gasteiger partial charge in [0.2, 0.25) is 5.91 Å². The van der Waals surface area contributed by atoms with Crippen molar-refractivity contribution in [3.63, 3.8) is 0 Å². The average Bonchev–Trinajstić information content (AvgIpc) is 2.75. The van der Waals surface area contributed by atoms with E-state index in [-0.39, 0.29) is 17.9 Å². The summed E-state index contributed by atoms with van der Waals surface area (Å²) in [6.45, 7) is 3.34. The number of nitrogens with zero attached hydrogens (tertiary/aromatic N) is 1. The molecular formula is C16H28N2O3. The monoisotopic (exact) mass is 296 g/mol. The normalized spacial score (nSPS) is 24.5. The molecule has 5 heteroatoms. The van der Waals surface area contributed by atoms with Crippen molar-refractivity contribution >= 4 is 11.9 Å². The van der Waals surface area contributed by atoms with E-state index in [0.29, 0.717) is 19.2 Å². The van der Waals surface area contributed by atoms with E-state index in [4.69, 9.17) is 4.74 Å². The summed E-state index contributed by atoms with van der Waals surface area (Å²) in [6, 6.07) is 0.0912. The van der Waals surface area contributed by atoms with E-state index in [2.05, 4.69) is 5.32 Å². The molecule has 0 aromatic heterocycles. The van der Waals surface area contributed by atoms with Gasteiger partial charge >= 0.3 is 5.97 Å². The molecule has 120 valence electrons. The third-order valence-electron chi connectivity index (χ3n) is 4.49. The number of hydrogen-bond acceptors (Lipinski definition) is 4. The number of rotatable bonds is 5. The molecule has 2 aliphatic rings. The second-order valence-corrected chi connectivity index (χ2v) is 6.14. The molecule has 1 saturated carbocycles. The smallest absolute Gasteiger partial charge is 0.323 e. The minimum Gasteiger partial charge on any atom is -0.465 e. The second kappa shape index (κ2) is 8.37. The molecule has 1 N–H and O–H groups in total. The number of ether oxygens (including phenoxy) is 1. The van der Waals surface area contributed by atoms with Gasteiger partial charge in [0.05, 0.1) is 13.2 Å². The van der Waals surface area contributed by atoms with Crippen LogP contribution in [0.15, 0.2) is 0 Å². The zero-order chi connectivity index (χ0) is 15.1. The average molecular weight is 296 g/mol. The maximum atomic E-state index is 12.2. The Hall–Kier alpha value is -1.10. The summed E-state index contributed by atoms with van der Waals surface area (Å²) >= 11 is 0. The highest BCUT2D eigenvalue weighted by molar-refractivity contribution is 5.81. The van der Waals surface area contributed by atoms with Crippen molar-refractivity contribution in [1.29, 1.82) is 0 Å². The van der Waals surface area contributed by atoms with Crippen molar-refractivity contribution in [2.45, 2.75) is 70.4 Å². The van der Waals surface area contributed by atoms with Crippen molar-refractivity contribution in [1.82, 2.24) is 10.2 Å². The Morgan fingerprint density at radius 2 is 1.81 bits per heavy atom. The lowest BCUT2D eigenvalue weighted by atomic mass is 10.1. The van der Waals surface area contributed by atoms with Gasteiger partial charge in [0.1, 0.15) is 6.04 Å². The number of hydrogen-bond donors (Lipinski definition) is 1. The first-order chi connectivity index (χ1) is 10.2. The maximum Gasteiger partial charge on any atom is 0.323 e. The SMILES string of the molecule is CCOC(=O)C1CCCN1CC(=O)NC1CCCCCC1. The lowest BCUT2D eigenvalue weighted by molar-refractivity contribution is -0.148. The summed E-state index contributed by atoms with van der Waals surface area (Å²) in [6.07, 6.45) is 8.92. The molecule has 1 unspecified atom stereocenters. The molecule has 0 bridgehead atoms. The fraction of sp³-hybridized carbons (Fsp3) is 0.875. The van der Waals surface area contributed by atoms with Gasteiger partial charge in [-0.05, 0) is 39.2 Å². The number of esters is 1. The van der Waals surface area contributed by atoms with E-state index in [1.807, 2.05) is 11.8 Å². The predicted octanol–water partition coefficient (Wildman–Crippen LogP) is 1.85. The number of likely N-dealkylation sites (tertiary alicyclic amines) is 1. The van der Waals surface area contributed by atoms with E-state index < -0.39 is 0 Å². The van der Waals surface area contributed by atoms with Crippen molar-refractivity contribution in [3.8, 4) is 0 Å². The molecule has 1 aliphatic heterocycles. The first kappa shape index (κ1) is 16.3. The van der Waals surface area contributed by atoms with Gasteiger partial charge in [0, 0.05) is 6.04 Å². The molecule has 0 radical (unpaired) electrons. The quantitative estimate of drug-likeness (QED) is 0.621. The molecule has 1 heterocycles. The number of amides is 1. The van der Waals surface area contributed by atoms with Crippen LogP contribution in [0.1, 0.15) is 58.3 Å². The highest BCUT2D eigenvalue weighted by atomic mass is 16.5. The molecule has 0 aromatic carbocycles.